The van der Waals surface area contributed by atoms with Crippen molar-refractivity contribution in [2.45, 2.75) is 19.6 Å². The SMILES string of the molecule is COc1ccc(-c2cc(=O)c3c(O)cc(OCC4=COC(C)(C)O4)cc3o2)cc1O. The molecule has 2 aromatic carbocycles. The molecule has 0 aliphatic carbocycles. The second-order valence-electron chi connectivity index (χ2n) is 7.17. The molecule has 4 rings (SSSR count). The summed E-state index contributed by atoms with van der Waals surface area (Å²) in [6.07, 6.45) is 1.47. The van der Waals surface area contributed by atoms with Crippen LogP contribution in [0.5, 0.6) is 23.0 Å². The molecule has 0 amide bonds. The van der Waals surface area contributed by atoms with E-state index in [1.54, 1.807) is 26.0 Å². The molecule has 8 heteroatoms. The summed E-state index contributed by atoms with van der Waals surface area (Å²) >= 11 is 0. The van der Waals surface area contributed by atoms with Gasteiger partial charge in [0.1, 0.15) is 41.1 Å². The number of hydrogen-bond acceptors (Lipinski definition) is 8. The molecule has 1 aromatic heterocycles. The molecule has 1 aliphatic rings. The number of ether oxygens (including phenoxy) is 4. The van der Waals surface area contributed by atoms with Crippen LogP contribution >= 0.6 is 0 Å². The van der Waals surface area contributed by atoms with Crippen molar-refractivity contribution in [3.63, 3.8) is 0 Å². The van der Waals surface area contributed by atoms with Gasteiger partial charge >= 0.3 is 0 Å². The lowest BCUT2D eigenvalue weighted by atomic mass is 10.1. The molecule has 0 saturated carbocycles. The summed E-state index contributed by atoms with van der Waals surface area (Å²) in [7, 11) is 1.44. The van der Waals surface area contributed by atoms with Gasteiger partial charge in [-0.1, -0.05) is 0 Å². The maximum absolute atomic E-state index is 12.6. The van der Waals surface area contributed by atoms with Crippen LogP contribution in [0.2, 0.25) is 0 Å². The second-order valence-corrected chi connectivity index (χ2v) is 7.17. The summed E-state index contributed by atoms with van der Waals surface area (Å²) in [6.45, 7) is 3.61. The van der Waals surface area contributed by atoms with Gasteiger partial charge in [0, 0.05) is 37.6 Å². The first kappa shape index (κ1) is 19.5. The topological polar surface area (TPSA) is 108 Å². The Hall–Kier alpha value is -3.81. The number of methoxy groups -OCH3 is 1. The lowest BCUT2D eigenvalue weighted by Gasteiger charge is -2.18. The fraction of sp³-hybridized carbons (Fsp3) is 0.227. The van der Waals surface area contributed by atoms with Crippen molar-refractivity contribution in [3.8, 4) is 34.3 Å². The van der Waals surface area contributed by atoms with Crippen LogP contribution in [-0.4, -0.2) is 29.7 Å². The Morgan fingerprint density at radius 2 is 1.87 bits per heavy atom. The van der Waals surface area contributed by atoms with Gasteiger partial charge in [0.2, 0.25) is 5.79 Å². The third-order valence-corrected chi connectivity index (χ3v) is 4.48. The Morgan fingerprint density at radius 3 is 2.53 bits per heavy atom. The van der Waals surface area contributed by atoms with E-state index >= 15 is 0 Å². The molecule has 0 bridgehead atoms. The summed E-state index contributed by atoms with van der Waals surface area (Å²) in [4.78, 5) is 12.6. The zero-order valence-electron chi connectivity index (χ0n) is 16.6. The van der Waals surface area contributed by atoms with Crippen molar-refractivity contribution in [1.82, 2.24) is 0 Å². The molecule has 30 heavy (non-hydrogen) atoms. The summed E-state index contributed by atoms with van der Waals surface area (Å²) in [5, 5.41) is 20.3. The smallest absolute Gasteiger partial charge is 0.244 e. The monoisotopic (exact) mass is 412 g/mol. The molecular formula is C22H20O8. The zero-order chi connectivity index (χ0) is 21.5. The molecule has 0 spiro atoms. The van der Waals surface area contributed by atoms with Gasteiger partial charge in [-0.2, -0.15) is 0 Å². The van der Waals surface area contributed by atoms with Crippen molar-refractivity contribution < 1.29 is 33.6 Å². The highest BCUT2D eigenvalue weighted by molar-refractivity contribution is 5.86. The van der Waals surface area contributed by atoms with E-state index < -0.39 is 11.2 Å². The molecule has 2 N–H and O–H groups in total. The van der Waals surface area contributed by atoms with Gasteiger partial charge in [0.15, 0.2) is 22.7 Å². The average molecular weight is 412 g/mol. The number of phenols is 2. The summed E-state index contributed by atoms with van der Waals surface area (Å²) in [6, 6.07) is 8.72. The van der Waals surface area contributed by atoms with Gasteiger partial charge in [-0.3, -0.25) is 4.79 Å². The van der Waals surface area contributed by atoms with E-state index in [-0.39, 0.29) is 40.6 Å². The highest BCUT2D eigenvalue weighted by atomic mass is 16.7. The first-order valence-electron chi connectivity index (χ1n) is 9.13. The van der Waals surface area contributed by atoms with Crippen molar-refractivity contribution in [1.29, 1.82) is 0 Å². The fourth-order valence-electron chi connectivity index (χ4n) is 3.10. The second kappa shape index (κ2) is 7.22. The molecule has 0 fully saturated rings. The lowest BCUT2D eigenvalue weighted by molar-refractivity contribution is -0.119. The third kappa shape index (κ3) is 3.71. The first-order valence-corrected chi connectivity index (χ1v) is 9.13. The molecule has 1 aliphatic heterocycles. The maximum Gasteiger partial charge on any atom is 0.244 e. The summed E-state index contributed by atoms with van der Waals surface area (Å²) in [5.74, 6) is 0.182. The summed E-state index contributed by atoms with van der Waals surface area (Å²) in [5.41, 5.74) is 0.185. The molecule has 0 atom stereocenters. The molecule has 0 unspecified atom stereocenters. The third-order valence-electron chi connectivity index (χ3n) is 4.48. The normalized spacial score (nSPS) is 14.7. The highest BCUT2D eigenvalue weighted by Crippen LogP contribution is 2.34. The van der Waals surface area contributed by atoms with Gasteiger partial charge in [0.05, 0.1) is 7.11 Å². The molecule has 2 heterocycles. The Morgan fingerprint density at radius 1 is 1.07 bits per heavy atom. The molecule has 156 valence electrons. The first-order chi connectivity index (χ1) is 14.3. The van der Waals surface area contributed by atoms with Crippen molar-refractivity contribution >= 4 is 11.0 Å². The number of aromatic hydroxyl groups is 2. The minimum absolute atomic E-state index is 0.0321. The van der Waals surface area contributed by atoms with Crippen LogP contribution < -0.4 is 14.9 Å². The molecule has 0 saturated heterocycles. The maximum atomic E-state index is 12.6. The van der Waals surface area contributed by atoms with Crippen LogP contribution in [0.1, 0.15) is 13.8 Å². The average Bonchev–Trinajstić information content (AvgIpc) is 3.04. The van der Waals surface area contributed by atoms with Crippen LogP contribution in [-0.2, 0) is 9.47 Å². The summed E-state index contributed by atoms with van der Waals surface area (Å²) < 4.78 is 27.4. The standard InChI is InChI=1S/C22H20O8/c1-22(2)28-11-14(30-22)10-27-13-7-16(24)21-17(25)9-19(29-20(21)8-13)12-4-5-18(26-3)15(23)6-12/h4-9,11,23-24H,10H2,1-3H3. The van der Waals surface area contributed by atoms with Gasteiger partial charge in [-0.25, -0.2) is 0 Å². The van der Waals surface area contributed by atoms with E-state index in [0.29, 0.717) is 17.1 Å². The molecular weight excluding hydrogens is 392 g/mol. The van der Waals surface area contributed by atoms with Crippen molar-refractivity contribution in [3.05, 3.63) is 58.6 Å². The van der Waals surface area contributed by atoms with Crippen molar-refractivity contribution in [2.24, 2.45) is 0 Å². The molecule has 8 nitrogen and oxygen atoms in total. The Kier molecular flexibility index (Phi) is 4.69. The number of phenolic OH excluding ortho intramolecular Hbond substituents is 2. The van der Waals surface area contributed by atoms with Crippen LogP contribution in [0.15, 0.2) is 57.6 Å². The Bertz CT molecular complexity index is 1210. The van der Waals surface area contributed by atoms with E-state index in [1.165, 1.54) is 37.6 Å². The Balaban J connectivity index is 1.67. The van der Waals surface area contributed by atoms with Crippen LogP contribution in [0.3, 0.4) is 0 Å². The van der Waals surface area contributed by atoms with Gasteiger partial charge < -0.3 is 33.6 Å². The Labute approximate surface area is 171 Å². The zero-order valence-corrected chi connectivity index (χ0v) is 16.6. The number of fused-ring (bicyclic) bond motifs is 1. The number of hydrogen-bond donors (Lipinski definition) is 2. The van der Waals surface area contributed by atoms with Crippen LogP contribution in [0.25, 0.3) is 22.3 Å². The van der Waals surface area contributed by atoms with E-state index in [1.807, 2.05) is 0 Å². The fourth-order valence-corrected chi connectivity index (χ4v) is 3.10. The van der Waals surface area contributed by atoms with E-state index in [0.717, 1.165) is 0 Å². The molecule has 0 radical (unpaired) electrons. The van der Waals surface area contributed by atoms with E-state index in [9.17, 15) is 15.0 Å². The minimum Gasteiger partial charge on any atom is -0.507 e. The predicted octanol–water partition coefficient (Wildman–Crippen LogP) is 3.88. The van der Waals surface area contributed by atoms with E-state index in [2.05, 4.69) is 0 Å². The van der Waals surface area contributed by atoms with Crippen molar-refractivity contribution in [2.75, 3.05) is 13.7 Å². The van der Waals surface area contributed by atoms with Gasteiger partial charge in [0.25, 0.3) is 0 Å². The highest BCUT2D eigenvalue weighted by Gasteiger charge is 2.27. The number of benzene rings is 2. The van der Waals surface area contributed by atoms with Crippen LogP contribution in [0.4, 0.5) is 0 Å². The van der Waals surface area contributed by atoms with E-state index in [4.69, 9.17) is 23.4 Å². The van der Waals surface area contributed by atoms with Gasteiger partial charge in [-0.05, 0) is 18.2 Å². The quantitative estimate of drug-likeness (QED) is 0.650. The lowest BCUT2D eigenvalue weighted by Crippen LogP contribution is -2.21. The molecule has 3 aromatic rings. The minimum atomic E-state index is -0.754. The number of rotatable bonds is 5. The largest absolute Gasteiger partial charge is 0.507 e. The van der Waals surface area contributed by atoms with Crippen LogP contribution in [0, 0.1) is 0 Å². The van der Waals surface area contributed by atoms with Gasteiger partial charge in [-0.15, -0.1) is 0 Å². The predicted molar refractivity (Wildman–Crippen MR) is 108 cm³/mol.